The van der Waals surface area contributed by atoms with Gasteiger partial charge in [0.25, 0.3) is 0 Å². The second-order valence-corrected chi connectivity index (χ2v) is 6.35. The summed E-state index contributed by atoms with van der Waals surface area (Å²) in [5.74, 6) is 1.24. The molecule has 116 valence electrons. The van der Waals surface area contributed by atoms with Gasteiger partial charge in [-0.05, 0) is 44.6 Å². The van der Waals surface area contributed by atoms with Crippen LogP contribution in [0.1, 0.15) is 40.0 Å². The third kappa shape index (κ3) is 5.52. The molecule has 0 saturated carbocycles. The first-order valence-corrected chi connectivity index (χ1v) is 8.40. The summed E-state index contributed by atoms with van der Waals surface area (Å²) in [5.41, 5.74) is 4.23. The van der Waals surface area contributed by atoms with E-state index in [0.717, 1.165) is 0 Å². The highest BCUT2D eigenvalue weighted by Gasteiger charge is 2.11. The van der Waals surface area contributed by atoms with Crippen LogP contribution >= 0.6 is 0 Å². The molecule has 0 aliphatic heterocycles. The van der Waals surface area contributed by atoms with E-state index in [9.17, 15) is 0 Å². The van der Waals surface area contributed by atoms with Crippen molar-refractivity contribution in [1.29, 1.82) is 0 Å². The Morgan fingerprint density at radius 3 is 2.36 bits per heavy atom. The Hall–Kier alpha value is -1.82. The van der Waals surface area contributed by atoms with E-state index in [1.54, 1.807) is 0 Å². The van der Waals surface area contributed by atoms with Crippen molar-refractivity contribution in [3.63, 3.8) is 0 Å². The van der Waals surface area contributed by atoms with Gasteiger partial charge in [0, 0.05) is 5.92 Å². The second-order valence-electron chi connectivity index (χ2n) is 6.35. The van der Waals surface area contributed by atoms with E-state index in [-0.39, 0.29) is 0 Å². The Bertz CT molecular complexity index is 573. The van der Waals surface area contributed by atoms with E-state index in [0.29, 0.717) is 11.8 Å². The first-order valence-electron chi connectivity index (χ1n) is 8.40. The lowest BCUT2D eigenvalue weighted by Crippen LogP contribution is -2.03. The van der Waals surface area contributed by atoms with Gasteiger partial charge in [0.2, 0.25) is 0 Å². The van der Waals surface area contributed by atoms with E-state index in [4.69, 9.17) is 0 Å². The third-order valence-corrected chi connectivity index (χ3v) is 4.17. The van der Waals surface area contributed by atoms with Crippen molar-refractivity contribution in [2.24, 2.45) is 11.8 Å². The maximum absolute atomic E-state index is 2.38. The topological polar surface area (TPSA) is 0 Å². The van der Waals surface area contributed by atoms with Crippen molar-refractivity contribution in [3.05, 3.63) is 83.6 Å². The Morgan fingerprint density at radius 1 is 0.864 bits per heavy atom. The zero-order valence-electron chi connectivity index (χ0n) is 14.1. The standard InChI is InChI=1S/C13H16.C9H12/c1-11-7-9-13(10-8-11)12-5-3-2-4-6-12;1-8-4-3-5-9(2)7-6-8/h3,5-9,13H,2,4,10H2,1H3;3-8H,1-2H3. The molecule has 3 aliphatic carbocycles. The fourth-order valence-corrected chi connectivity index (χ4v) is 2.69. The van der Waals surface area contributed by atoms with Crippen LogP contribution in [0.3, 0.4) is 0 Å². The molecule has 0 radical (unpaired) electrons. The van der Waals surface area contributed by atoms with Gasteiger partial charge >= 0.3 is 0 Å². The molecule has 2 unspecified atom stereocenters. The lowest BCUT2D eigenvalue weighted by Gasteiger charge is -2.18. The molecule has 0 heteroatoms. The predicted molar refractivity (Wildman–Crippen MR) is 98.7 cm³/mol. The highest BCUT2D eigenvalue weighted by atomic mass is 14.2. The van der Waals surface area contributed by atoms with Gasteiger partial charge < -0.3 is 0 Å². The van der Waals surface area contributed by atoms with Crippen LogP contribution in [0.25, 0.3) is 0 Å². The average Bonchev–Trinajstić information content (AvgIpc) is 2.74. The highest BCUT2D eigenvalue weighted by molar-refractivity contribution is 5.33. The normalized spacial score (nSPS) is 26.4. The van der Waals surface area contributed by atoms with E-state index < -0.39 is 0 Å². The summed E-state index contributed by atoms with van der Waals surface area (Å²) in [7, 11) is 0. The molecule has 0 aromatic rings. The largest absolute Gasteiger partial charge is 0.0839 e. The van der Waals surface area contributed by atoms with Crippen LogP contribution in [0.4, 0.5) is 0 Å². The maximum atomic E-state index is 2.38. The summed E-state index contributed by atoms with van der Waals surface area (Å²) >= 11 is 0. The summed E-state index contributed by atoms with van der Waals surface area (Å²) in [4.78, 5) is 0. The van der Waals surface area contributed by atoms with Gasteiger partial charge in [0.1, 0.15) is 0 Å². The summed E-state index contributed by atoms with van der Waals surface area (Å²) in [6.45, 7) is 6.45. The molecule has 0 aromatic carbocycles. The summed E-state index contributed by atoms with van der Waals surface area (Å²) < 4.78 is 0. The van der Waals surface area contributed by atoms with Crippen molar-refractivity contribution < 1.29 is 0 Å². The van der Waals surface area contributed by atoms with Crippen molar-refractivity contribution in [2.75, 3.05) is 0 Å². The molecular weight excluding hydrogens is 264 g/mol. The zero-order chi connectivity index (χ0) is 15.8. The predicted octanol–water partition coefficient (Wildman–Crippen LogP) is 6.48. The van der Waals surface area contributed by atoms with Crippen LogP contribution in [0.5, 0.6) is 0 Å². The fourth-order valence-electron chi connectivity index (χ4n) is 2.69. The van der Waals surface area contributed by atoms with E-state index in [1.807, 2.05) is 0 Å². The molecule has 3 aliphatic rings. The van der Waals surface area contributed by atoms with Crippen LogP contribution < -0.4 is 0 Å². The average molecular weight is 292 g/mol. The second kappa shape index (κ2) is 8.58. The van der Waals surface area contributed by atoms with Gasteiger partial charge in [0.05, 0.1) is 0 Å². The fraction of sp³-hybridized carbons (Fsp3) is 0.364. The third-order valence-electron chi connectivity index (χ3n) is 4.17. The molecule has 2 atom stereocenters. The molecule has 22 heavy (non-hydrogen) atoms. The van der Waals surface area contributed by atoms with Crippen molar-refractivity contribution in [1.82, 2.24) is 0 Å². The molecule has 0 heterocycles. The smallest absolute Gasteiger partial charge is 0.00526 e. The zero-order valence-corrected chi connectivity index (χ0v) is 14.1. The SMILES string of the molecule is CC1=CC=CC(C)C=C1.CC1=CCC(C2=CCCC=C2)C=C1. The first kappa shape index (κ1) is 16.5. The first-order chi connectivity index (χ1) is 10.6. The van der Waals surface area contributed by atoms with E-state index in [1.165, 1.54) is 36.0 Å². The molecular formula is C22H28. The van der Waals surface area contributed by atoms with Crippen molar-refractivity contribution >= 4 is 0 Å². The van der Waals surface area contributed by atoms with Gasteiger partial charge in [-0.3, -0.25) is 0 Å². The monoisotopic (exact) mass is 292 g/mol. The van der Waals surface area contributed by atoms with Crippen LogP contribution in [0.15, 0.2) is 83.6 Å². The van der Waals surface area contributed by atoms with Crippen LogP contribution in [-0.4, -0.2) is 0 Å². The van der Waals surface area contributed by atoms with Crippen LogP contribution in [0.2, 0.25) is 0 Å². The Morgan fingerprint density at radius 2 is 1.68 bits per heavy atom. The van der Waals surface area contributed by atoms with Crippen molar-refractivity contribution in [3.8, 4) is 0 Å². The molecule has 0 saturated heterocycles. The summed E-state index contributed by atoms with van der Waals surface area (Å²) in [6, 6.07) is 0. The minimum Gasteiger partial charge on any atom is -0.0839 e. The van der Waals surface area contributed by atoms with Gasteiger partial charge in [-0.25, -0.2) is 0 Å². The van der Waals surface area contributed by atoms with Gasteiger partial charge in [-0.2, -0.15) is 0 Å². The molecule has 0 bridgehead atoms. The summed E-state index contributed by atoms with van der Waals surface area (Å²) in [5, 5.41) is 0. The molecule has 0 N–H and O–H groups in total. The number of hydrogen-bond acceptors (Lipinski definition) is 0. The van der Waals surface area contributed by atoms with E-state index in [2.05, 4.69) is 87.6 Å². The van der Waals surface area contributed by atoms with Gasteiger partial charge in [0.15, 0.2) is 0 Å². The number of hydrogen-bond donors (Lipinski definition) is 0. The number of allylic oxidation sites excluding steroid dienone is 14. The Balaban J connectivity index is 0.000000172. The lowest BCUT2D eigenvalue weighted by atomic mass is 9.87. The van der Waals surface area contributed by atoms with Crippen molar-refractivity contribution in [2.45, 2.75) is 40.0 Å². The molecule has 0 aromatic heterocycles. The molecule has 0 amide bonds. The van der Waals surface area contributed by atoms with Crippen LogP contribution in [0, 0.1) is 11.8 Å². The summed E-state index contributed by atoms with van der Waals surface area (Å²) in [6.07, 6.45) is 28.2. The number of rotatable bonds is 1. The molecule has 0 fully saturated rings. The lowest BCUT2D eigenvalue weighted by molar-refractivity contribution is 0.764. The Labute approximate surface area is 136 Å². The molecule has 3 rings (SSSR count). The highest BCUT2D eigenvalue weighted by Crippen LogP contribution is 2.26. The minimum atomic E-state index is 0.596. The molecule has 0 nitrogen and oxygen atoms in total. The quantitative estimate of drug-likeness (QED) is 0.519. The maximum Gasteiger partial charge on any atom is 0.00526 e. The Kier molecular flexibility index (Phi) is 6.45. The van der Waals surface area contributed by atoms with Gasteiger partial charge in [-0.1, -0.05) is 84.9 Å². The van der Waals surface area contributed by atoms with E-state index >= 15 is 0 Å². The van der Waals surface area contributed by atoms with Crippen LogP contribution in [-0.2, 0) is 0 Å². The molecule has 0 spiro atoms. The minimum absolute atomic E-state index is 0.596. The van der Waals surface area contributed by atoms with Gasteiger partial charge in [-0.15, -0.1) is 0 Å².